The van der Waals surface area contributed by atoms with Crippen molar-refractivity contribution in [3.05, 3.63) is 51.2 Å². The highest BCUT2D eigenvalue weighted by Crippen LogP contribution is 2.30. The van der Waals surface area contributed by atoms with E-state index >= 15 is 0 Å². The third kappa shape index (κ3) is 3.30. The summed E-state index contributed by atoms with van der Waals surface area (Å²) >= 11 is 7.59. The van der Waals surface area contributed by atoms with Crippen molar-refractivity contribution in [2.24, 2.45) is 5.73 Å². The molecule has 1 atom stereocenters. The molecule has 2 aromatic rings. The number of hydrogen-bond donors (Lipinski definition) is 1. The first-order chi connectivity index (χ1) is 9.87. The van der Waals surface area contributed by atoms with Gasteiger partial charge in [0.2, 0.25) is 10.0 Å². The van der Waals surface area contributed by atoms with Gasteiger partial charge in [0.15, 0.2) is 0 Å². The number of hydrogen-bond acceptors (Lipinski definition) is 4. The van der Waals surface area contributed by atoms with Crippen molar-refractivity contribution in [2.75, 3.05) is 7.05 Å². The summed E-state index contributed by atoms with van der Waals surface area (Å²) < 4.78 is 26.7. The van der Waals surface area contributed by atoms with E-state index < -0.39 is 10.0 Å². The summed E-state index contributed by atoms with van der Waals surface area (Å²) in [6.07, 6.45) is 0. The molecule has 7 heteroatoms. The zero-order valence-corrected chi connectivity index (χ0v) is 14.2. The molecule has 1 aromatic carbocycles. The predicted octanol–water partition coefficient (Wildman–Crippen LogP) is 3.24. The lowest BCUT2D eigenvalue weighted by molar-refractivity contribution is 0.403. The molecule has 0 bridgehead atoms. The van der Waals surface area contributed by atoms with Crippen LogP contribution in [0.5, 0.6) is 0 Å². The highest BCUT2D eigenvalue weighted by atomic mass is 35.5. The van der Waals surface area contributed by atoms with E-state index in [-0.39, 0.29) is 17.5 Å². The van der Waals surface area contributed by atoms with E-state index in [2.05, 4.69) is 0 Å². The first-order valence-electron chi connectivity index (χ1n) is 6.38. The van der Waals surface area contributed by atoms with Crippen LogP contribution < -0.4 is 5.73 Å². The fraction of sp³-hybridized carbons (Fsp3) is 0.286. The molecule has 114 valence electrons. The van der Waals surface area contributed by atoms with Gasteiger partial charge in [-0.1, -0.05) is 23.7 Å². The van der Waals surface area contributed by atoms with E-state index in [0.717, 1.165) is 10.4 Å². The normalized spacial score (nSPS) is 13.6. The second-order valence-electron chi connectivity index (χ2n) is 4.67. The number of rotatable bonds is 5. The molecule has 0 aliphatic heterocycles. The van der Waals surface area contributed by atoms with Crippen LogP contribution in [0, 0.1) is 0 Å². The summed E-state index contributed by atoms with van der Waals surface area (Å²) in [6, 6.07) is 8.25. The van der Waals surface area contributed by atoms with Gasteiger partial charge in [-0.3, -0.25) is 0 Å². The molecule has 1 aromatic heterocycles. The lowest BCUT2D eigenvalue weighted by Crippen LogP contribution is -2.29. The Balaban J connectivity index is 2.35. The molecule has 4 nitrogen and oxygen atoms in total. The van der Waals surface area contributed by atoms with Crippen molar-refractivity contribution in [2.45, 2.75) is 24.4 Å². The minimum absolute atomic E-state index is 0.176. The van der Waals surface area contributed by atoms with Gasteiger partial charge in [0.25, 0.3) is 0 Å². The SMILES string of the molecule is CC(c1cccs1)N(C)S(=O)(=O)c1ccc(CN)c(Cl)c1. The van der Waals surface area contributed by atoms with Crippen molar-refractivity contribution >= 4 is 33.0 Å². The van der Waals surface area contributed by atoms with Crippen LogP contribution in [0.25, 0.3) is 0 Å². The van der Waals surface area contributed by atoms with Crippen LogP contribution in [-0.4, -0.2) is 19.8 Å². The van der Waals surface area contributed by atoms with Gasteiger partial charge in [-0.15, -0.1) is 11.3 Å². The molecule has 1 heterocycles. The van der Waals surface area contributed by atoms with Crippen LogP contribution in [0.4, 0.5) is 0 Å². The number of nitrogens with two attached hydrogens (primary N) is 1. The lowest BCUT2D eigenvalue weighted by Gasteiger charge is -2.23. The fourth-order valence-electron chi connectivity index (χ4n) is 1.94. The molecule has 0 saturated heterocycles. The van der Waals surface area contributed by atoms with Gasteiger partial charge in [0.05, 0.1) is 10.9 Å². The topological polar surface area (TPSA) is 63.4 Å². The van der Waals surface area contributed by atoms with Crippen molar-refractivity contribution in [1.82, 2.24) is 4.31 Å². The van der Waals surface area contributed by atoms with Crippen molar-refractivity contribution in [3.63, 3.8) is 0 Å². The molecule has 2 rings (SSSR count). The summed E-state index contributed by atoms with van der Waals surface area (Å²) in [6.45, 7) is 2.14. The number of nitrogens with zero attached hydrogens (tertiary/aromatic N) is 1. The predicted molar refractivity (Wildman–Crippen MR) is 87.0 cm³/mol. The second kappa shape index (κ2) is 6.46. The van der Waals surface area contributed by atoms with Crippen LogP contribution >= 0.6 is 22.9 Å². The van der Waals surface area contributed by atoms with E-state index in [1.54, 1.807) is 19.2 Å². The average Bonchev–Trinajstić information content (AvgIpc) is 2.99. The van der Waals surface area contributed by atoms with Gasteiger partial charge in [-0.05, 0) is 36.1 Å². The Kier molecular flexibility index (Phi) is 5.06. The number of thiophene rings is 1. The minimum atomic E-state index is -3.60. The Morgan fingerprint density at radius 3 is 2.62 bits per heavy atom. The Morgan fingerprint density at radius 1 is 1.38 bits per heavy atom. The van der Waals surface area contributed by atoms with Crippen LogP contribution in [-0.2, 0) is 16.6 Å². The van der Waals surface area contributed by atoms with Gasteiger partial charge in [0.1, 0.15) is 0 Å². The standard InChI is InChI=1S/C14H17ClN2O2S2/c1-10(14-4-3-7-20-14)17(2)21(18,19)12-6-5-11(9-16)13(15)8-12/h3-8,10H,9,16H2,1-2H3. The molecule has 0 spiro atoms. The highest BCUT2D eigenvalue weighted by molar-refractivity contribution is 7.89. The molecule has 0 aliphatic rings. The highest BCUT2D eigenvalue weighted by Gasteiger charge is 2.27. The summed E-state index contributed by atoms with van der Waals surface area (Å²) in [5.41, 5.74) is 6.27. The second-order valence-corrected chi connectivity index (χ2v) is 8.05. The van der Waals surface area contributed by atoms with E-state index in [1.165, 1.54) is 21.7 Å². The van der Waals surface area contributed by atoms with Crippen LogP contribution in [0.3, 0.4) is 0 Å². The maximum Gasteiger partial charge on any atom is 0.243 e. The molecule has 0 amide bonds. The molecule has 0 radical (unpaired) electrons. The van der Waals surface area contributed by atoms with Crippen molar-refractivity contribution < 1.29 is 8.42 Å². The van der Waals surface area contributed by atoms with E-state index in [4.69, 9.17) is 17.3 Å². The van der Waals surface area contributed by atoms with Crippen molar-refractivity contribution in [1.29, 1.82) is 0 Å². The Labute approximate surface area is 134 Å². The molecule has 2 N–H and O–H groups in total. The molecule has 0 fully saturated rings. The zero-order valence-electron chi connectivity index (χ0n) is 11.8. The maximum atomic E-state index is 12.7. The molecule has 0 saturated carbocycles. The summed E-state index contributed by atoms with van der Waals surface area (Å²) in [4.78, 5) is 1.17. The summed E-state index contributed by atoms with van der Waals surface area (Å²) in [5, 5.41) is 2.30. The number of benzene rings is 1. The van der Waals surface area contributed by atoms with E-state index in [0.29, 0.717) is 5.02 Å². The monoisotopic (exact) mass is 344 g/mol. The number of halogens is 1. The molecule has 21 heavy (non-hydrogen) atoms. The minimum Gasteiger partial charge on any atom is -0.326 e. The Hall–Kier alpha value is -0.920. The van der Waals surface area contributed by atoms with Crippen LogP contribution in [0.2, 0.25) is 5.02 Å². The smallest absolute Gasteiger partial charge is 0.243 e. The maximum absolute atomic E-state index is 12.7. The molecule has 0 aliphatic carbocycles. The van der Waals surface area contributed by atoms with Gasteiger partial charge in [0, 0.05) is 23.5 Å². The van der Waals surface area contributed by atoms with Gasteiger partial charge < -0.3 is 5.73 Å². The molecular weight excluding hydrogens is 328 g/mol. The van der Waals surface area contributed by atoms with E-state index in [9.17, 15) is 8.42 Å². The Morgan fingerprint density at radius 2 is 2.10 bits per heavy atom. The third-order valence-electron chi connectivity index (χ3n) is 3.42. The average molecular weight is 345 g/mol. The van der Waals surface area contributed by atoms with Gasteiger partial charge in [-0.2, -0.15) is 4.31 Å². The Bertz CT molecular complexity index is 715. The van der Waals surface area contributed by atoms with E-state index in [1.807, 2.05) is 24.4 Å². The third-order valence-corrected chi connectivity index (χ3v) is 6.74. The summed E-state index contributed by atoms with van der Waals surface area (Å²) in [5.74, 6) is 0. The van der Waals surface area contributed by atoms with Crippen molar-refractivity contribution in [3.8, 4) is 0 Å². The zero-order chi connectivity index (χ0) is 15.6. The first kappa shape index (κ1) is 16.5. The quantitative estimate of drug-likeness (QED) is 0.905. The molecule has 1 unspecified atom stereocenters. The largest absolute Gasteiger partial charge is 0.326 e. The van der Waals surface area contributed by atoms with Gasteiger partial charge in [-0.25, -0.2) is 8.42 Å². The lowest BCUT2D eigenvalue weighted by atomic mass is 10.2. The van der Waals surface area contributed by atoms with Crippen LogP contribution in [0.15, 0.2) is 40.6 Å². The number of sulfonamides is 1. The first-order valence-corrected chi connectivity index (χ1v) is 9.07. The van der Waals surface area contributed by atoms with Gasteiger partial charge >= 0.3 is 0 Å². The molecular formula is C14H17ClN2O2S2. The summed E-state index contributed by atoms with van der Waals surface area (Å²) in [7, 11) is -2.02. The fourth-order valence-corrected chi connectivity index (χ4v) is 4.52. The van der Waals surface area contributed by atoms with Crippen LogP contribution in [0.1, 0.15) is 23.4 Å².